The highest BCUT2D eigenvalue weighted by atomic mass is 127. The molecule has 0 saturated heterocycles. The van der Waals surface area contributed by atoms with Crippen LogP contribution in [0.3, 0.4) is 0 Å². The average molecular weight is 395 g/mol. The Morgan fingerprint density at radius 3 is 2.53 bits per heavy atom. The quantitative estimate of drug-likeness (QED) is 0.417. The van der Waals surface area contributed by atoms with Crippen LogP contribution in [0.5, 0.6) is 0 Å². The number of carbonyl (C=O) groups excluding carboxylic acids is 1. The lowest BCUT2D eigenvalue weighted by molar-refractivity contribution is -0.116. The summed E-state index contributed by atoms with van der Waals surface area (Å²) in [6, 6.07) is 4.18. The van der Waals surface area contributed by atoms with E-state index < -0.39 is 10.9 Å². The summed E-state index contributed by atoms with van der Waals surface area (Å²) in [5.41, 5.74) is -3.93. The van der Waals surface area contributed by atoms with E-state index in [0.717, 1.165) is 0 Å². The summed E-state index contributed by atoms with van der Waals surface area (Å²) in [4.78, 5) is 11.2. The van der Waals surface area contributed by atoms with Gasteiger partial charge < -0.3 is 0 Å². The van der Waals surface area contributed by atoms with Gasteiger partial charge in [0.25, 0.3) is 0 Å². The molecule has 1 nitrogen and oxygen atoms in total. The van der Waals surface area contributed by atoms with Gasteiger partial charge in [0, 0.05) is 8.47 Å². The number of halogens is 5. The molecule has 1 unspecified atom stereocenters. The molecule has 0 spiro atoms. The molecular weight excluding hydrogens is 388 g/mol. The predicted octanol–water partition coefficient (Wildman–Crippen LogP) is 4.77. The first-order chi connectivity index (χ1) is 7.70. The fraction of sp³-hybridized carbons (Fsp3) is 0.300. The van der Waals surface area contributed by atoms with Crippen molar-refractivity contribution in [2.24, 2.45) is 0 Å². The molecule has 1 aromatic carbocycles. The second-order valence-corrected chi connectivity index (χ2v) is 5.94. The first-order valence-electron chi connectivity index (χ1n) is 4.40. The van der Waals surface area contributed by atoms with E-state index in [2.05, 4.69) is 0 Å². The van der Waals surface area contributed by atoms with Crippen LogP contribution in [0.25, 0.3) is 0 Å². The number of alkyl halides is 4. The third kappa shape index (κ3) is 4.67. The van der Waals surface area contributed by atoms with Crippen molar-refractivity contribution in [2.45, 2.75) is 22.7 Å². The second kappa shape index (κ2) is 5.79. The summed E-state index contributed by atoms with van der Waals surface area (Å²) in [5.74, 6) is -0.293. The average Bonchev–Trinajstić information content (AvgIpc) is 2.17. The van der Waals surface area contributed by atoms with E-state index in [4.69, 9.17) is 11.6 Å². The third-order valence-electron chi connectivity index (χ3n) is 1.83. The zero-order valence-corrected chi connectivity index (χ0v) is 12.2. The Balaban J connectivity index is 3.06. The van der Waals surface area contributed by atoms with Gasteiger partial charge in [0.1, 0.15) is 5.38 Å². The molecule has 0 aliphatic heterocycles. The molecule has 0 saturated carbocycles. The van der Waals surface area contributed by atoms with E-state index in [-0.39, 0.29) is 22.4 Å². The van der Waals surface area contributed by atoms with Gasteiger partial charge in [-0.3, -0.25) is 4.79 Å². The molecule has 17 heavy (non-hydrogen) atoms. The molecule has 1 rings (SSSR count). The minimum absolute atomic E-state index is 0.0276. The lowest BCUT2D eigenvalue weighted by atomic mass is 10.1. The maximum absolute atomic E-state index is 12.2. The number of thioether (sulfide) groups is 1. The Hall–Kier alpha value is 0.0500. The van der Waals surface area contributed by atoms with Crippen LogP contribution in [0.1, 0.15) is 17.9 Å². The maximum atomic E-state index is 12.2. The highest BCUT2D eigenvalue weighted by Gasteiger charge is 2.30. The van der Waals surface area contributed by atoms with E-state index in [9.17, 15) is 18.0 Å². The summed E-state index contributed by atoms with van der Waals surface area (Å²) in [7, 11) is 0. The first-order valence-corrected chi connectivity index (χ1v) is 6.73. The van der Waals surface area contributed by atoms with Crippen molar-refractivity contribution in [3.05, 3.63) is 27.3 Å². The second-order valence-electron chi connectivity index (χ2n) is 3.20. The molecule has 1 atom stereocenters. The summed E-state index contributed by atoms with van der Waals surface area (Å²) in [6.07, 6.45) is 0. The zero-order chi connectivity index (χ0) is 13.2. The molecule has 0 aromatic heterocycles. The van der Waals surface area contributed by atoms with E-state index in [1.54, 1.807) is 0 Å². The van der Waals surface area contributed by atoms with Crippen molar-refractivity contribution in [1.82, 2.24) is 0 Å². The van der Waals surface area contributed by atoms with Gasteiger partial charge in [-0.15, -0.1) is 11.6 Å². The van der Waals surface area contributed by atoms with Crippen molar-refractivity contribution < 1.29 is 18.0 Å². The summed E-state index contributed by atoms with van der Waals surface area (Å²) < 4.78 is 37.3. The normalized spacial score (nSPS) is 13.5. The minimum Gasteiger partial charge on any atom is -0.298 e. The topological polar surface area (TPSA) is 17.1 Å². The van der Waals surface area contributed by atoms with Gasteiger partial charge in [0.05, 0.1) is 0 Å². The zero-order valence-electron chi connectivity index (χ0n) is 8.52. The standard InChI is InChI=1S/C10H7ClF3IOS/c1-5(16)9(11)7-4-6(2-3-8(7)15)17-10(12,13)14/h2-4,9H,1H3. The SMILES string of the molecule is CC(=O)C(Cl)c1cc(SC(F)(F)F)ccc1I. The number of benzene rings is 1. The van der Waals surface area contributed by atoms with Crippen molar-refractivity contribution in [3.8, 4) is 0 Å². The van der Waals surface area contributed by atoms with Gasteiger partial charge in [-0.25, -0.2) is 0 Å². The number of hydrogen-bond acceptors (Lipinski definition) is 2. The molecule has 0 radical (unpaired) electrons. The van der Waals surface area contributed by atoms with Crippen LogP contribution in [0.4, 0.5) is 13.2 Å². The molecule has 0 aliphatic carbocycles. The number of carbonyl (C=O) groups is 1. The Labute approximate surface area is 119 Å². The van der Waals surface area contributed by atoms with Crippen LogP contribution in [0.2, 0.25) is 0 Å². The molecule has 94 valence electrons. The fourth-order valence-electron chi connectivity index (χ4n) is 1.13. The van der Waals surface area contributed by atoms with Crippen LogP contribution >= 0.6 is 46.0 Å². The summed E-state index contributed by atoms with van der Waals surface area (Å²) in [5, 5.41) is -0.907. The lowest BCUT2D eigenvalue weighted by Gasteiger charge is -2.11. The smallest absolute Gasteiger partial charge is 0.298 e. The maximum Gasteiger partial charge on any atom is 0.446 e. The highest BCUT2D eigenvalue weighted by Crippen LogP contribution is 2.39. The molecular formula is C10H7ClF3IOS. The van der Waals surface area contributed by atoms with Crippen LogP contribution in [0, 0.1) is 3.57 Å². The number of ketones is 1. The van der Waals surface area contributed by atoms with Gasteiger partial charge in [-0.05, 0) is 65.0 Å². The Kier molecular flexibility index (Phi) is 5.15. The Morgan fingerprint density at radius 2 is 2.06 bits per heavy atom. The molecule has 7 heteroatoms. The summed E-state index contributed by atoms with van der Waals surface area (Å²) in [6.45, 7) is 1.30. The van der Waals surface area contributed by atoms with E-state index >= 15 is 0 Å². The number of Topliss-reactive ketones (excluding diaryl/α,β-unsaturated/α-hetero) is 1. The molecule has 0 amide bonds. The van der Waals surface area contributed by atoms with Crippen molar-refractivity contribution >= 4 is 51.7 Å². The van der Waals surface area contributed by atoms with Crippen LogP contribution in [0.15, 0.2) is 23.1 Å². The van der Waals surface area contributed by atoms with Crippen molar-refractivity contribution in [1.29, 1.82) is 0 Å². The number of rotatable bonds is 3. The molecule has 1 aromatic rings. The van der Waals surface area contributed by atoms with Gasteiger partial charge in [0.15, 0.2) is 5.78 Å². The monoisotopic (exact) mass is 394 g/mol. The highest BCUT2D eigenvalue weighted by molar-refractivity contribution is 14.1. The lowest BCUT2D eigenvalue weighted by Crippen LogP contribution is -2.05. The van der Waals surface area contributed by atoms with Gasteiger partial charge in [0.2, 0.25) is 0 Å². The largest absolute Gasteiger partial charge is 0.446 e. The Morgan fingerprint density at radius 1 is 1.47 bits per heavy atom. The first kappa shape index (κ1) is 15.1. The fourth-order valence-corrected chi connectivity index (χ4v) is 2.73. The molecule has 0 bridgehead atoms. The van der Waals surface area contributed by atoms with E-state index in [0.29, 0.717) is 9.13 Å². The molecule has 0 heterocycles. The predicted molar refractivity (Wildman–Crippen MR) is 70.3 cm³/mol. The van der Waals surface area contributed by atoms with Gasteiger partial charge >= 0.3 is 5.51 Å². The summed E-state index contributed by atoms with van der Waals surface area (Å²) >= 11 is 7.56. The molecule has 0 fully saturated rings. The molecule has 0 N–H and O–H groups in total. The van der Waals surface area contributed by atoms with Crippen LogP contribution < -0.4 is 0 Å². The Bertz CT molecular complexity index is 436. The van der Waals surface area contributed by atoms with E-state index in [1.807, 2.05) is 22.6 Å². The van der Waals surface area contributed by atoms with Crippen molar-refractivity contribution in [3.63, 3.8) is 0 Å². The van der Waals surface area contributed by atoms with Crippen LogP contribution in [-0.2, 0) is 4.79 Å². The molecule has 0 aliphatic rings. The van der Waals surface area contributed by atoms with Crippen LogP contribution in [-0.4, -0.2) is 11.3 Å². The van der Waals surface area contributed by atoms with Crippen molar-refractivity contribution in [2.75, 3.05) is 0 Å². The number of hydrogen-bond donors (Lipinski definition) is 0. The van der Waals surface area contributed by atoms with E-state index in [1.165, 1.54) is 25.1 Å². The minimum atomic E-state index is -4.35. The third-order valence-corrected chi connectivity index (χ3v) is 4.08. The van der Waals surface area contributed by atoms with Gasteiger partial charge in [-0.2, -0.15) is 13.2 Å². The van der Waals surface area contributed by atoms with Gasteiger partial charge in [-0.1, -0.05) is 0 Å².